The monoisotopic (exact) mass is 598 g/mol. The Kier molecular flexibility index (Phi) is 11.9. The number of methoxy groups -OCH3 is 1. The average molecular weight is 599 g/mol. The number of rotatable bonds is 16. The fourth-order valence-corrected chi connectivity index (χ4v) is 4.74. The predicted octanol–water partition coefficient (Wildman–Crippen LogP) is 6.40. The molecule has 2 N–H and O–H groups in total. The molecule has 0 aliphatic heterocycles. The normalized spacial score (nSPS) is 11.4. The number of Topliss-reactive ketones (excluding diaryl/α,β-unsaturated/α-hetero) is 1. The van der Waals surface area contributed by atoms with Crippen molar-refractivity contribution < 1.29 is 23.9 Å². The number of ketones is 2. The molecule has 4 aromatic rings. The number of hydrogen-bond donors (Lipinski definition) is 2. The third kappa shape index (κ3) is 9.53. The number of anilines is 1. The summed E-state index contributed by atoms with van der Waals surface area (Å²) in [5.74, 6) is 0.223. The number of halogens is 1. The molecule has 1 atom stereocenters. The van der Waals surface area contributed by atoms with Crippen molar-refractivity contribution in [2.24, 2.45) is 0 Å². The number of nitrogens with one attached hydrogen (secondary N) is 2. The first-order chi connectivity index (χ1) is 20.9. The van der Waals surface area contributed by atoms with Crippen LogP contribution < -0.4 is 15.4 Å². The topological polar surface area (TPSA) is 93.7 Å². The highest BCUT2D eigenvalue weighted by atomic mass is 35.5. The number of hydrogen-bond acceptors (Lipinski definition) is 7. The van der Waals surface area contributed by atoms with Crippen LogP contribution in [0, 0.1) is 0 Å². The highest BCUT2D eigenvalue weighted by Gasteiger charge is 2.22. The Hall–Kier alpha value is -4.46. The van der Waals surface area contributed by atoms with Crippen molar-refractivity contribution in [1.82, 2.24) is 5.32 Å². The molecule has 0 aliphatic carbocycles. The lowest BCUT2D eigenvalue weighted by Crippen LogP contribution is -2.33. The standard InChI is InChI=1S/C35H35ClN2O5/c1-42-35(41)32(38-31-14-6-5-13-30(31)34(40)26-9-3-2-4-10-26)23-25-15-17-29(18-16-25)43-22-8-20-37-21-19-33(39)27-11-7-12-28(36)24-27/h2-7,9-18,24,32,37-38H,8,19-23H2,1H3. The summed E-state index contributed by atoms with van der Waals surface area (Å²) < 4.78 is 10.9. The van der Waals surface area contributed by atoms with Crippen LogP contribution in [0.2, 0.25) is 5.02 Å². The molecule has 8 heteroatoms. The first kappa shape index (κ1) is 31.5. The first-order valence-corrected chi connectivity index (χ1v) is 14.6. The Bertz CT molecular complexity index is 1510. The predicted molar refractivity (Wildman–Crippen MR) is 169 cm³/mol. The van der Waals surface area contributed by atoms with Gasteiger partial charge in [0.25, 0.3) is 0 Å². The van der Waals surface area contributed by atoms with Crippen LogP contribution in [-0.2, 0) is 16.0 Å². The molecule has 0 amide bonds. The van der Waals surface area contributed by atoms with E-state index in [4.69, 9.17) is 21.1 Å². The van der Waals surface area contributed by atoms with Crippen LogP contribution in [0.25, 0.3) is 0 Å². The number of carbonyl (C=O) groups excluding carboxylic acids is 3. The minimum absolute atomic E-state index is 0.0564. The Labute approximate surface area is 257 Å². The number of para-hydroxylation sites is 1. The Balaban J connectivity index is 1.24. The summed E-state index contributed by atoms with van der Waals surface area (Å²) in [6.45, 7) is 1.83. The van der Waals surface area contributed by atoms with Gasteiger partial charge in [0.15, 0.2) is 11.6 Å². The Morgan fingerprint density at radius 3 is 2.28 bits per heavy atom. The second kappa shape index (κ2) is 16.2. The zero-order chi connectivity index (χ0) is 30.4. The molecule has 0 bridgehead atoms. The largest absolute Gasteiger partial charge is 0.494 e. The zero-order valence-electron chi connectivity index (χ0n) is 24.1. The van der Waals surface area contributed by atoms with Gasteiger partial charge < -0.3 is 20.1 Å². The van der Waals surface area contributed by atoms with Gasteiger partial charge in [0.1, 0.15) is 11.8 Å². The number of ether oxygens (including phenoxy) is 2. The Morgan fingerprint density at radius 2 is 1.53 bits per heavy atom. The second-order valence-corrected chi connectivity index (χ2v) is 10.4. The lowest BCUT2D eigenvalue weighted by atomic mass is 10.00. The van der Waals surface area contributed by atoms with Crippen LogP contribution >= 0.6 is 11.6 Å². The van der Waals surface area contributed by atoms with Gasteiger partial charge in [0.05, 0.1) is 13.7 Å². The molecule has 0 aromatic heterocycles. The summed E-state index contributed by atoms with van der Waals surface area (Å²) in [6, 6.07) is 30.0. The minimum atomic E-state index is -0.696. The van der Waals surface area contributed by atoms with Gasteiger partial charge in [-0.1, -0.05) is 78.3 Å². The molecule has 43 heavy (non-hydrogen) atoms. The van der Waals surface area contributed by atoms with E-state index in [1.165, 1.54) is 7.11 Å². The molecule has 1 unspecified atom stereocenters. The van der Waals surface area contributed by atoms with Gasteiger partial charge in [-0.05, 0) is 54.9 Å². The zero-order valence-corrected chi connectivity index (χ0v) is 24.8. The highest BCUT2D eigenvalue weighted by Crippen LogP contribution is 2.22. The average Bonchev–Trinajstić information content (AvgIpc) is 3.04. The van der Waals surface area contributed by atoms with Crippen LogP contribution in [0.3, 0.4) is 0 Å². The van der Waals surface area contributed by atoms with E-state index in [1.54, 1.807) is 54.6 Å². The second-order valence-electron chi connectivity index (χ2n) is 9.94. The van der Waals surface area contributed by atoms with Gasteiger partial charge >= 0.3 is 5.97 Å². The number of carbonyl (C=O) groups is 3. The third-order valence-corrected chi connectivity index (χ3v) is 7.06. The van der Waals surface area contributed by atoms with E-state index in [9.17, 15) is 14.4 Å². The molecule has 4 rings (SSSR count). The Morgan fingerprint density at radius 1 is 0.814 bits per heavy atom. The van der Waals surface area contributed by atoms with Crippen molar-refractivity contribution in [3.05, 3.63) is 130 Å². The van der Waals surface area contributed by atoms with Crippen LogP contribution in [-0.4, -0.2) is 50.4 Å². The molecule has 222 valence electrons. The maximum Gasteiger partial charge on any atom is 0.328 e. The van der Waals surface area contributed by atoms with Crippen molar-refractivity contribution in [3.8, 4) is 5.75 Å². The fraction of sp³-hybridized carbons (Fsp3) is 0.229. The number of esters is 1. The quantitative estimate of drug-likeness (QED) is 0.0876. The van der Waals surface area contributed by atoms with Crippen molar-refractivity contribution in [2.75, 3.05) is 32.1 Å². The van der Waals surface area contributed by atoms with E-state index in [-0.39, 0.29) is 11.6 Å². The maximum absolute atomic E-state index is 13.1. The van der Waals surface area contributed by atoms with Crippen LogP contribution in [0.4, 0.5) is 5.69 Å². The van der Waals surface area contributed by atoms with Gasteiger partial charge in [-0.15, -0.1) is 0 Å². The molecule has 0 fully saturated rings. The number of benzene rings is 4. The van der Waals surface area contributed by atoms with E-state index in [0.717, 1.165) is 24.3 Å². The fourth-order valence-electron chi connectivity index (χ4n) is 4.55. The van der Waals surface area contributed by atoms with Gasteiger partial charge in [0, 0.05) is 46.8 Å². The van der Waals surface area contributed by atoms with E-state index in [0.29, 0.717) is 53.4 Å². The first-order valence-electron chi connectivity index (χ1n) is 14.2. The molecule has 0 aliphatic rings. The summed E-state index contributed by atoms with van der Waals surface area (Å²) in [5, 5.41) is 7.05. The summed E-state index contributed by atoms with van der Waals surface area (Å²) >= 11 is 5.96. The lowest BCUT2D eigenvalue weighted by molar-refractivity contribution is -0.141. The van der Waals surface area contributed by atoms with Crippen molar-refractivity contribution in [2.45, 2.75) is 25.3 Å². The summed E-state index contributed by atoms with van der Waals surface area (Å²) in [6.07, 6.45) is 1.54. The minimum Gasteiger partial charge on any atom is -0.494 e. The van der Waals surface area contributed by atoms with Gasteiger partial charge in [0.2, 0.25) is 0 Å². The van der Waals surface area contributed by atoms with Gasteiger partial charge in [-0.3, -0.25) is 9.59 Å². The van der Waals surface area contributed by atoms with Crippen LogP contribution in [0.1, 0.15) is 44.7 Å². The molecular formula is C35H35ClN2O5. The molecular weight excluding hydrogens is 564 g/mol. The van der Waals surface area contributed by atoms with Crippen LogP contribution in [0.5, 0.6) is 5.75 Å². The van der Waals surface area contributed by atoms with E-state index < -0.39 is 12.0 Å². The summed E-state index contributed by atoms with van der Waals surface area (Å²) in [4.78, 5) is 38.1. The lowest BCUT2D eigenvalue weighted by Gasteiger charge is -2.20. The molecule has 0 heterocycles. The van der Waals surface area contributed by atoms with Crippen LogP contribution in [0.15, 0.2) is 103 Å². The molecule has 0 saturated carbocycles. The molecule has 0 saturated heterocycles. The van der Waals surface area contributed by atoms with Crippen molar-refractivity contribution in [1.29, 1.82) is 0 Å². The SMILES string of the molecule is COC(=O)C(Cc1ccc(OCCCNCCC(=O)c2cccc(Cl)c2)cc1)Nc1ccccc1C(=O)c1ccccc1. The van der Waals surface area contributed by atoms with E-state index in [2.05, 4.69) is 10.6 Å². The maximum atomic E-state index is 13.1. The third-order valence-electron chi connectivity index (χ3n) is 6.83. The highest BCUT2D eigenvalue weighted by molar-refractivity contribution is 6.31. The van der Waals surface area contributed by atoms with E-state index >= 15 is 0 Å². The smallest absolute Gasteiger partial charge is 0.328 e. The summed E-state index contributed by atoms with van der Waals surface area (Å²) in [7, 11) is 1.35. The molecule has 7 nitrogen and oxygen atoms in total. The summed E-state index contributed by atoms with van der Waals surface area (Å²) in [5.41, 5.74) is 3.15. The van der Waals surface area contributed by atoms with Crippen molar-refractivity contribution >= 4 is 34.8 Å². The molecule has 0 spiro atoms. The van der Waals surface area contributed by atoms with Crippen molar-refractivity contribution in [3.63, 3.8) is 0 Å². The van der Waals surface area contributed by atoms with Gasteiger partial charge in [-0.25, -0.2) is 4.79 Å². The van der Waals surface area contributed by atoms with Gasteiger partial charge in [-0.2, -0.15) is 0 Å². The molecule has 0 radical (unpaired) electrons. The molecule has 4 aromatic carbocycles. The van der Waals surface area contributed by atoms with E-state index in [1.807, 2.05) is 48.5 Å².